The van der Waals surface area contributed by atoms with Gasteiger partial charge in [0.2, 0.25) is 0 Å². The summed E-state index contributed by atoms with van der Waals surface area (Å²) in [6.07, 6.45) is 0. The largest absolute Gasteiger partial charge is 0.312 e. The smallest absolute Gasteiger partial charge is 0.0212 e. The van der Waals surface area contributed by atoms with Crippen LogP contribution in [0.25, 0.3) is 0 Å². The van der Waals surface area contributed by atoms with Gasteiger partial charge in [-0.1, -0.05) is 39.0 Å². The number of rotatable bonds is 5. The zero-order valence-corrected chi connectivity index (χ0v) is 11.2. The standard InChI is InChI=1S/C15H24N2/c1-11(2)12(3)7-16-8-13-4-5-14-9-17-10-15(14)6-13/h4-6,11-12,16-17H,7-10H2,1-3H3. The predicted molar refractivity (Wildman–Crippen MR) is 72.7 cm³/mol. The lowest BCUT2D eigenvalue weighted by Gasteiger charge is -2.16. The molecule has 1 atom stereocenters. The Kier molecular flexibility index (Phi) is 4.19. The van der Waals surface area contributed by atoms with Crippen molar-refractivity contribution in [3.63, 3.8) is 0 Å². The zero-order valence-electron chi connectivity index (χ0n) is 11.2. The third-order valence-corrected chi connectivity index (χ3v) is 3.84. The summed E-state index contributed by atoms with van der Waals surface area (Å²) in [6.45, 7) is 11.0. The summed E-state index contributed by atoms with van der Waals surface area (Å²) in [7, 11) is 0. The van der Waals surface area contributed by atoms with Gasteiger partial charge in [0.15, 0.2) is 0 Å². The Morgan fingerprint density at radius 2 is 1.94 bits per heavy atom. The fraction of sp³-hybridized carbons (Fsp3) is 0.600. The first kappa shape index (κ1) is 12.6. The van der Waals surface area contributed by atoms with Crippen molar-refractivity contribution < 1.29 is 0 Å². The van der Waals surface area contributed by atoms with Gasteiger partial charge >= 0.3 is 0 Å². The molecule has 1 aliphatic rings. The third kappa shape index (κ3) is 3.30. The second-order valence-corrected chi connectivity index (χ2v) is 5.56. The normalized spacial score (nSPS) is 16.2. The summed E-state index contributed by atoms with van der Waals surface area (Å²) in [6, 6.07) is 6.85. The van der Waals surface area contributed by atoms with Crippen molar-refractivity contribution in [3.05, 3.63) is 34.9 Å². The van der Waals surface area contributed by atoms with Gasteiger partial charge in [-0.15, -0.1) is 0 Å². The average molecular weight is 232 g/mol. The van der Waals surface area contributed by atoms with Crippen LogP contribution in [-0.2, 0) is 19.6 Å². The Balaban J connectivity index is 1.83. The Labute approximate surface area is 105 Å². The van der Waals surface area contributed by atoms with Gasteiger partial charge in [0.1, 0.15) is 0 Å². The molecule has 94 valence electrons. The van der Waals surface area contributed by atoms with Crippen molar-refractivity contribution in [2.75, 3.05) is 6.54 Å². The van der Waals surface area contributed by atoms with E-state index in [1.807, 2.05) is 0 Å². The minimum absolute atomic E-state index is 0.742. The average Bonchev–Trinajstić information content (AvgIpc) is 2.75. The summed E-state index contributed by atoms with van der Waals surface area (Å²) >= 11 is 0. The fourth-order valence-corrected chi connectivity index (χ4v) is 2.14. The molecule has 1 aromatic carbocycles. The van der Waals surface area contributed by atoms with Crippen LogP contribution in [0.2, 0.25) is 0 Å². The molecule has 2 heteroatoms. The van der Waals surface area contributed by atoms with E-state index in [0.29, 0.717) is 0 Å². The highest BCUT2D eigenvalue weighted by Gasteiger charge is 2.10. The first-order valence-electron chi connectivity index (χ1n) is 6.69. The number of fused-ring (bicyclic) bond motifs is 1. The minimum atomic E-state index is 0.742. The van der Waals surface area contributed by atoms with E-state index in [9.17, 15) is 0 Å². The highest BCUT2D eigenvalue weighted by molar-refractivity contribution is 5.34. The predicted octanol–water partition coefficient (Wildman–Crippen LogP) is 2.67. The summed E-state index contributed by atoms with van der Waals surface area (Å²) in [5, 5.41) is 6.94. The monoisotopic (exact) mass is 232 g/mol. The first-order chi connectivity index (χ1) is 8.16. The van der Waals surface area contributed by atoms with Crippen LogP contribution in [0.15, 0.2) is 18.2 Å². The molecule has 0 saturated heterocycles. The van der Waals surface area contributed by atoms with Crippen molar-refractivity contribution in [3.8, 4) is 0 Å². The van der Waals surface area contributed by atoms with E-state index in [4.69, 9.17) is 0 Å². The van der Waals surface area contributed by atoms with Crippen LogP contribution in [0.5, 0.6) is 0 Å². The van der Waals surface area contributed by atoms with E-state index >= 15 is 0 Å². The second kappa shape index (κ2) is 5.65. The molecular formula is C15H24N2. The minimum Gasteiger partial charge on any atom is -0.312 e. The van der Waals surface area contributed by atoms with E-state index in [1.165, 1.54) is 16.7 Å². The maximum Gasteiger partial charge on any atom is 0.0212 e. The fourth-order valence-electron chi connectivity index (χ4n) is 2.14. The summed E-state index contributed by atoms with van der Waals surface area (Å²) in [4.78, 5) is 0. The highest BCUT2D eigenvalue weighted by Crippen LogP contribution is 2.17. The van der Waals surface area contributed by atoms with Gasteiger partial charge in [0.05, 0.1) is 0 Å². The molecule has 2 N–H and O–H groups in total. The number of hydrogen-bond acceptors (Lipinski definition) is 2. The Morgan fingerprint density at radius 3 is 2.71 bits per heavy atom. The summed E-state index contributed by atoms with van der Waals surface area (Å²) in [5.74, 6) is 1.50. The molecule has 1 heterocycles. The van der Waals surface area contributed by atoms with Crippen molar-refractivity contribution in [2.24, 2.45) is 11.8 Å². The lowest BCUT2D eigenvalue weighted by Crippen LogP contribution is -2.23. The van der Waals surface area contributed by atoms with Crippen LogP contribution in [0.4, 0.5) is 0 Å². The Morgan fingerprint density at radius 1 is 1.18 bits per heavy atom. The van der Waals surface area contributed by atoms with Gasteiger partial charge in [0.25, 0.3) is 0 Å². The maximum atomic E-state index is 3.55. The summed E-state index contributed by atoms with van der Waals surface area (Å²) < 4.78 is 0. The maximum absolute atomic E-state index is 3.55. The quantitative estimate of drug-likeness (QED) is 0.815. The zero-order chi connectivity index (χ0) is 12.3. The molecule has 0 bridgehead atoms. The van der Waals surface area contributed by atoms with Crippen LogP contribution in [-0.4, -0.2) is 6.54 Å². The lowest BCUT2D eigenvalue weighted by molar-refractivity contribution is 0.392. The molecule has 17 heavy (non-hydrogen) atoms. The van der Waals surface area contributed by atoms with Gasteiger partial charge in [-0.25, -0.2) is 0 Å². The topological polar surface area (TPSA) is 24.1 Å². The van der Waals surface area contributed by atoms with E-state index in [2.05, 4.69) is 49.6 Å². The van der Waals surface area contributed by atoms with E-state index in [1.54, 1.807) is 0 Å². The highest BCUT2D eigenvalue weighted by atomic mass is 14.9. The molecule has 0 saturated carbocycles. The van der Waals surface area contributed by atoms with Crippen molar-refractivity contribution >= 4 is 0 Å². The van der Waals surface area contributed by atoms with Gasteiger partial charge in [0, 0.05) is 19.6 Å². The Bertz CT molecular complexity index is 371. The van der Waals surface area contributed by atoms with Crippen LogP contribution in [0.3, 0.4) is 0 Å². The third-order valence-electron chi connectivity index (χ3n) is 3.84. The first-order valence-corrected chi connectivity index (χ1v) is 6.69. The van der Waals surface area contributed by atoms with Crippen LogP contribution >= 0.6 is 0 Å². The molecule has 1 unspecified atom stereocenters. The van der Waals surface area contributed by atoms with Gasteiger partial charge in [-0.05, 0) is 35.1 Å². The molecule has 0 aliphatic carbocycles. The van der Waals surface area contributed by atoms with Crippen molar-refractivity contribution in [1.29, 1.82) is 0 Å². The van der Waals surface area contributed by atoms with E-state index in [0.717, 1.165) is 38.0 Å². The summed E-state index contributed by atoms with van der Waals surface area (Å²) in [5.41, 5.74) is 4.34. The molecule has 0 fully saturated rings. The number of benzene rings is 1. The van der Waals surface area contributed by atoms with Crippen molar-refractivity contribution in [2.45, 2.75) is 40.4 Å². The molecule has 0 spiro atoms. The lowest BCUT2D eigenvalue weighted by atomic mass is 9.98. The molecule has 1 aromatic rings. The van der Waals surface area contributed by atoms with Crippen molar-refractivity contribution in [1.82, 2.24) is 10.6 Å². The molecule has 0 amide bonds. The SMILES string of the molecule is CC(C)C(C)CNCc1ccc2c(c1)CNC2. The van der Waals surface area contributed by atoms with E-state index in [-0.39, 0.29) is 0 Å². The van der Waals surface area contributed by atoms with Gasteiger partial charge in [-0.3, -0.25) is 0 Å². The van der Waals surface area contributed by atoms with Gasteiger partial charge in [-0.2, -0.15) is 0 Å². The molecule has 2 rings (SSSR count). The molecular weight excluding hydrogens is 208 g/mol. The van der Waals surface area contributed by atoms with Gasteiger partial charge < -0.3 is 10.6 Å². The Hall–Kier alpha value is -0.860. The van der Waals surface area contributed by atoms with Crippen LogP contribution in [0, 0.1) is 11.8 Å². The number of nitrogens with one attached hydrogen (secondary N) is 2. The van der Waals surface area contributed by atoms with Crippen LogP contribution in [0.1, 0.15) is 37.5 Å². The molecule has 1 aliphatic heterocycles. The molecule has 0 radical (unpaired) electrons. The molecule has 0 aromatic heterocycles. The number of hydrogen-bond donors (Lipinski definition) is 2. The van der Waals surface area contributed by atoms with E-state index < -0.39 is 0 Å². The second-order valence-electron chi connectivity index (χ2n) is 5.56. The van der Waals surface area contributed by atoms with Crippen LogP contribution < -0.4 is 10.6 Å². The molecule has 2 nitrogen and oxygen atoms in total.